The number of ether oxygens (including phenoxy) is 1. The second kappa shape index (κ2) is 10.6. The Kier molecular flexibility index (Phi) is 7.31. The van der Waals surface area contributed by atoms with Crippen LogP contribution in [0.5, 0.6) is 5.75 Å². The number of carbonyl (C=O) groups excluding carboxylic acids is 2. The van der Waals surface area contributed by atoms with Crippen molar-refractivity contribution in [3.8, 4) is 17.0 Å². The largest absolute Gasteiger partial charge is 0.486 e. The molecule has 9 nitrogen and oxygen atoms in total. The van der Waals surface area contributed by atoms with Crippen molar-refractivity contribution in [3.63, 3.8) is 0 Å². The summed E-state index contributed by atoms with van der Waals surface area (Å²) in [5.41, 5.74) is 8.95. The zero-order chi connectivity index (χ0) is 29.6. The smallest absolute Gasteiger partial charge is 0.273 e. The van der Waals surface area contributed by atoms with E-state index in [1.165, 1.54) is 17.3 Å². The fraction of sp³-hybridized carbons (Fsp3) is 0.400. The Bertz CT molecular complexity index is 1560. The number of amides is 2. The molecule has 1 aliphatic heterocycles. The molecule has 11 heteroatoms. The molecule has 0 saturated carbocycles. The molecule has 0 bridgehead atoms. The summed E-state index contributed by atoms with van der Waals surface area (Å²) >= 11 is 0. The van der Waals surface area contributed by atoms with Crippen LogP contribution in [0.3, 0.4) is 0 Å². The lowest BCUT2D eigenvalue weighted by molar-refractivity contribution is -0.125. The van der Waals surface area contributed by atoms with E-state index in [1.54, 1.807) is 31.0 Å². The molecular weight excluding hydrogens is 530 g/mol. The molecule has 3 heterocycles. The Morgan fingerprint density at radius 1 is 1.22 bits per heavy atom. The highest BCUT2D eigenvalue weighted by Gasteiger charge is 2.40. The van der Waals surface area contributed by atoms with Crippen molar-refractivity contribution in [1.29, 1.82) is 0 Å². The Balaban J connectivity index is 1.37. The molecule has 0 saturated heterocycles. The van der Waals surface area contributed by atoms with Crippen LogP contribution in [0, 0.1) is 24.0 Å². The second-order valence-corrected chi connectivity index (χ2v) is 11.4. The zero-order valence-corrected chi connectivity index (χ0v) is 23.8. The number of aromatic nitrogens is 3. The van der Waals surface area contributed by atoms with E-state index in [0.717, 1.165) is 12.1 Å². The van der Waals surface area contributed by atoms with Gasteiger partial charge in [-0.05, 0) is 48.4 Å². The second-order valence-electron chi connectivity index (χ2n) is 11.4. The van der Waals surface area contributed by atoms with E-state index < -0.39 is 11.6 Å². The minimum atomic E-state index is -0.537. The fourth-order valence-corrected chi connectivity index (χ4v) is 5.70. The van der Waals surface area contributed by atoms with Crippen molar-refractivity contribution in [3.05, 3.63) is 70.8 Å². The summed E-state index contributed by atoms with van der Waals surface area (Å²) in [6, 6.07) is 3.29. The quantitative estimate of drug-likeness (QED) is 0.416. The van der Waals surface area contributed by atoms with E-state index in [4.69, 9.17) is 10.5 Å². The van der Waals surface area contributed by atoms with Crippen molar-refractivity contribution in [2.75, 3.05) is 32.5 Å². The number of anilines is 1. The number of hydrogen-bond acceptors (Lipinski definition) is 6. The van der Waals surface area contributed by atoms with Crippen LogP contribution in [0.4, 0.5) is 14.6 Å². The maximum atomic E-state index is 15.8. The SMILES string of the molecule is C=CC(=O)N(C)CCOc1c(N)ncnc1-c1ccc(CN2CCn3c4c(c(F)c3C2=O)CC(C)(C)C4)c(C)c1F. The summed E-state index contributed by atoms with van der Waals surface area (Å²) in [5, 5.41) is 0. The van der Waals surface area contributed by atoms with Crippen LogP contribution in [0.1, 0.15) is 46.7 Å². The van der Waals surface area contributed by atoms with Gasteiger partial charge in [0, 0.05) is 43.5 Å². The first-order valence-electron chi connectivity index (χ1n) is 13.5. The fourth-order valence-electron chi connectivity index (χ4n) is 5.70. The van der Waals surface area contributed by atoms with E-state index in [1.807, 2.05) is 4.57 Å². The van der Waals surface area contributed by atoms with Crippen molar-refractivity contribution < 1.29 is 23.1 Å². The highest BCUT2D eigenvalue weighted by molar-refractivity contribution is 5.94. The molecule has 2 aromatic heterocycles. The molecular formula is C30H34F2N6O3. The number of nitrogen functional groups attached to an aromatic ring is 1. The van der Waals surface area contributed by atoms with Crippen LogP contribution in [-0.2, 0) is 30.7 Å². The van der Waals surface area contributed by atoms with Crippen LogP contribution < -0.4 is 10.5 Å². The lowest BCUT2D eigenvalue weighted by Crippen LogP contribution is -2.40. The number of benzene rings is 1. The number of nitrogens with two attached hydrogens (primary N) is 1. The molecule has 0 atom stereocenters. The Hall–Kier alpha value is -4.28. The minimum absolute atomic E-state index is 0.0236. The van der Waals surface area contributed by atoms with E-state index in [-0.39, 0.29) is 65.4 Å². The number of rotatable bonds is 8. The molecule has 0 spiro atoms. The monoisotopic (exact) mass is 564 g/mol. The molecule has 2 N–H and O–H groups in total. The first kappa shape index (κ1) is 28.3. The average Bonchev–Trinajstić information content (AvgIpc) is 3.39. The first-order valence-corrected chi connectivity index (χ1v) is 13.5. The third-order valence-corrected chi connectivity index (χ3v) is 7.97. The van der Waals surface area contributed by atoms with Crippen LogP contribution in [0.2, 0.25) is 0 Å². The standard InChI is InChI=1S/C30H34F2N6O3/c1-6-22(39)36(5)11-12-41-27-25(34-16-35-28(27)33)19-8-7-18(17(2)23(19)31)15-37-9-10-38-21-14-30(3,4)13-20(21)24(32)26(38)29(37)40/h6-8,16H,1,9-15H2,2-5H3,(H2,33,34,35). The Labute approximate surface area is 237 Å². The molecule has 3 aromatic rings. The maximum Gasteiger partial charge on any atom is 0.273 e. The third-order valence-electron chi connectivity index (χ3n) is 7.97. The number of hydrogen-bond donors (Lipinski definition) is 1. The summed E-state index contributed by atoms with van der Waals surface area (Å²) in [5.74, 6) is -1.47. The lowest BCUT2D eigenvalue weighted by Gasteiger charge is -2.30. The summed E-state index contributed by atoms with van der Waals surface area (Å²) in [6.45, 7) is 10.7. The van der Waals surface area contributed by atoms with Crippen molar-refractivity contribution in [2.45, 2.75) is 46.7 Å². The topological polar surface area (TPSA) is 107 Å². The van der Waals surface area contributed by atoms with E-state index in [0.29, 0.717) is 36.2 Å². The van der Waals surface area contributed by atoms with Gasteiger partial charge in [0.1, 0.15) is 30.1 Å². The molecule has 1 aliphatic carbocycles. The molecule has 216 valence electrons. The van der Waals surface area contributed by atoms with Gasteiger partial charge in [-0.3, -0.25) is 9.59 Å². The van der Waals surface area contributed by atoms with Crippen molar-refractivity contribution >= 4 is 17.6 Å². The predicted molar refractivity (Wildman–Crippen MR) is 150 cm³/mol. The van der Waals surface area contributed by atoms with Gasteiger partial charge in [-0.2, -0.15) is 0 Å². The molecule has 2 aliphatic rings. The normalized spacial score (nSPS) is 15.5. The van der Waals surface area contributed by atoms with Crippen LogP contribution in [0.25, 0.3) is 11.3 Å². The highest BCUT2D eigenvalue weighted by atomic mass is 19.1. The summed E-state index contributed by atoms with van der Waals surface area (Å²) < 4.78 is 38.8. The van der Waals surface area contributed by atoms with Gasteiger partial charge in [0.2, 0.25) is 5.91 Å². The van der Waals surface area contributed by atoms with E-state index >= 15 is 8.78 Å². The van der Waals surface area contributed by atoms with Crippen LogP contribution >= 0.6 is 0 Å². The lowest BCUT2D eigenvalue weighted by atomic mass is 9.90. The average molecular weight is 565 g/mol. The first-order chi connectivity index (χ1) is 19.4. The number of likely N-dealkylation sites (N-methyl/N-ethyl adjacent to an activating group) is 1. The van der Waals surface area contributed by atoms with Gasteiger partial charge in [0.05, 0.1) is 6.54 Å². The van der Waals surface area contributed by atoms with Gasteiger partial charge >= 0.3 is 0 Å². The van der Waals surface area contributed by atoms with Gasteiger partial charge in [-0.15, -0.1) is 0 Å². The van der Waals surface area contributed by atoms with Gasteiger partial charge < -0.3 is 24.8 Å². The molecule has 0 unspecified atom stereocenters. The molecule has 0 fully saturated rings. The number of nitrogens with zero attached hydrogens (tertiary/aromatic N) is 5. The Morgan fingerprint density at radius 2 is 1.98 bits per heavy atom. The van der Waals surface area contributed by atoms with Gasteiger partial charge in [-0.25, -0.2) is 18.7 Å². The number of halogens is 2. The maximum absolute atomic E-state index is 15.8. The highest BCUT2D eigenvalue weighted by Crippen LogP contribution is 2.41. The molecule has 41 heavy (non-hydrogen) atoms. The van der Waals surface area contributed by atoms with Gasteiger partial charge in [0.15, 0.2) is 17.4 Å². The molecule has 2 amide bonds. The number of fused-ring (bicyclic) bond motifs is 3. The summed E-state index contributed by atoms with van der Waals surface area (Å²) in [4.78, 5) is 36.3. The Morgan fingerprint density at radius 3 is 2.71 bits per heavy atom. The van der Waals surface area contributed by atoms with Crippen LogP contribution in [-0.4, -0.2) is 62.9 Å². The summed E-state index contributed by atoms with van der Waals surface area (Å²) in [6.07, 6.45) is 3.77. The van der Waals surface area contributed by atoms with Crippen LogP contribution in [0.15, 0.2) is 31.1 Å². The van der Waals surface area contributed by atoms with Crippen molar-refractivity contribution in [1.82, 2.24) is 24.3 Å². The zero-order valence-electron chi connectivity index (χ0n) is 23.8. The van der Waals surface area contributed by atoms with Gasteiger partial charge in [-0.1, -0.05) is 26.5 Å². The molecule has 1 aromatic carbocycles. The predicted octanol–water partition coefficient (Wildman–Crippen LogP) is 3.92. The molecule has 5 rings (SSSR count). The van der Waals surface area contributed by atoms with Crippen molar-refractivity contribution in [2.24, 2.45) is 5.41 Å². The van der Waals surface area contributed by atoms with Gasteiger partial charge in [0.25, 0.3) is 5.91 Å². The molecule has 0 radical (unpaired) electrons. The van der Waals surface area contributed by atoms with E-state index in [2.05, 4.69) is 30.4 Å². The third kappa shape index (κ3) is 5.05. The minimum Gasteiger partial charge on any atom is -0.486 e. The van der Waals surface area contributed by atoms with E-state index in [9.17, 15) is 9.59 Å². The number of carbonyl (C=O) groups is 2. The summed E-state index contributed by atoms with van der Waals surface area (Å²) in [7, 11) is 1.60.